The molecule has 0 spiro atoms. The van der Waals surface area contributed by atoms with E-state index in [0.29, 0.717) is 17.7 Å². The van der Waals surface area contributed by atoms with E-state index in [1.54, 1.807) is 44.0 Å². The minimum absolute atomic E-state index is 0.379. The van der Waals surface area contributed by atoms with E-state index in [0.717, 1.165) is 17.3 Å². The minimum Gasteiger partial charge on any atom is -0.329 e. The molecule has 1 aromatic carbocycles. The van der Waals surface area contributed by atoms with E-state index in [9.17, 15) is 9.18 Å². The number of hydrogen-bond acceptors (Lipinski definition) is 2. The fourth-order valence-electron chi connectivity index (χ4n) is 3.13. The number of hydrogen-bond donors (Lipinski definition) is 1. The van der Waals surface area contributed by atoms with Gasteiger partial charge in [-0.3, -0.25) is 9.78 Å². The Labute approximate surface area is 142 Å². The molecule has 2 aliphatic rings. The number of aromatic nitrogens is 1. The molecule has 3 nitrogen and oxygen atoms in total. The number of benzene rings is 1. The first-order valence-corrected chi connectivity index (χ1v) is 8.59. The lowest BCUT2D eigenvalue weighted by Crippen LogP contribution is -2.12. The van der Waals surface area contributed by atoms with Gasteiger partial charge in [-0.25, -0.2) is 4.39 Å². The van der Waals surface area contributed by atoms with Gasteiger partial charge in [0.05, 0.1) is 6.20 Å². The molecular weight excluding hydrogens is 303 g/mol. The van der Waals surface area contributed by atoms with Crippen LogP contribution in [-0.2, 0) is 4.79 Å². The Bertz CT molecular complexity index is 709. The molecule has 1 heterocycles. The van der Waals surface area contributed by atoms with E-state index in [1.165, 1.54) is 24.3 Å². The van der Waals surface area contributed by atoms with Gasteiger partial charge in [-0.05, 0) is 60.9 Å². The van der Waals surface area contributed by atoms with Crippen LogP contribution in [0, 0.1) is 24.6 Å². The van der Waals surface area contributed by atoms with Crippen molar-refractivity contribution in [1.29, 1.82) is 0 Å². The van der Waals surface area contributed by atoms with Crippen molar-refractivity contribution in [3.8, 4) is 11.1 Å². The van der Waals surface area contributed by atoms with Crippen molar-refractivity contribution in [3.05, 3.63) is 48.0 Å². The number of carbonyl (C=O) groups excluding carboxylic acids is 1. The summed E-state index contributed by atoms with van der Waals surface area (Å²) in [4.78, 5) is 14.2. The van der Waals surface area contributed by atoms with Gasteiger partial charge in [0.2, 0.25) is 6.41 Å². The Morgan fingerprint density at radius 1 is 1.12 bits per heavy atom. The largest absolute Gasteiger partial charge is 0.329 e. The van der Waals surface area contributed by atoms with Crippen LogP contribution in [0.2, 0.25) is 0 Å². The number of nitrogens with zero attached hydrogens (tertiary/aromatic N) is 1. The van der Waals surface area contributed by atoms with Crippen LogP contribution in [0.4, 0.5) is 10.1 Å². The minimum atomic E-state index is -0.379. The third-order valence-corrected chi connectivity index (χ3v) is 4.92. The molecule has 0 radical (unpaired) electrons. The van der Waals surface area contributed by atoms with Gasteiger partial charge in [0.1, 0.15) is 5.82 Å². The predicted octanol–water partition coefficient (Wildman–Crippen LogP) is 4.96. The second-order valence-corrected chi connectivity index (χ2v) is 6.71. The molecule has 126 valence electrons. The molecule has 0 saturated heterocycles. The molecule has 2 aromatic rings. The molecule has 1 N–H and O–H groups in total. The van der Waals surface area contributed by atoms with Crippen LogP contribution >= 0.6 is 0 Å². The molecule has 2 aliphatic carbocycles. The van der Waals surface area contributed by atoms with Gasteiger partial charge in [-0.2, -0.15) is 0 Å². The van der Waals surface area contributed by atoms with Crippen LogP contribution in [0.25, 0.3) is 11.1 Å². The van der Waals surface area contributed by atoms with E-state index in [2.05, 4.69) is 10.3 Å². The lowest BCUT2D eigenvalue weighted by molar-refractivity contribution is -0.105. The van der Waals surface area contributed by atoms with Gasteiger partial charge >= 0.3 is 0 Å². The zero-order chi connectivity index (χ0) is 16.9. The first-order chi connectivity index (χ1) is 11.7. The SMILES string of the molecule is C1CC(C2CC2)C1.Cc1ccc(NC=O)cc1-c1cncc(F)c1. The third kappa shape index (κ3) is 4.19. The maximum Gasteiger partial charge on any atom is 0.211 e. The molecule has 1 aromatic heterocycles. The number of anilines is 1. The Kier molecular flexibility index (Phi) is 5.24. The molecule has 1 amide bonds. The van der Waals surface area contributed by atoms with E-state index >= 15 is 0 Å². The lowest BCUT2D eigenvalue weighted by atomic mass is 9.82. The van der Waals surface area contributed by atoms with Gasteiger partial charge in [-0.15, -0.1) is 0 Å². The number of halogens is 1. The first-order valence-electron chi connectivity index (χ1n) is 8.59. The Hall–Kier alpha value is -2.23. The van der Waals surface area contributed by atoms with Crippen LogP contribution < -0.4 is 5.32 Å². The fraction of sp³-hybridized carbons (Fsp3) is 0.400. The molecule has 24 heavy (non-hydrogen) atoms. The van der Waals surface area contributed by atoms with E-state index < -0.39 is 0 Å². The monoisotopic (exact) mass is 326 g/mol. The normalized spacial score (nSPS) is 16.6. The molecule has 2 saturated carbocycles. The average molecular weight is 326 g/mol. The summed E-state index contributed by atoms with van der Waals surface area (Å²) < 4.78 is 13.1. The van der Waals surface area contributed by atoms with Gasteiger partial charge < -0.3 is 5.32 Å². The van der Waals surface area contributed by atoms with Gasteiger partial charge in [0.25, 0.3) is 0 Å². The molecule has 4 heteroatoms. The number of rotatable bonds is 4. The maximum absolute atomic E-state index is 13.1. The zero-order valence-corrected chi connectivity index (χ0v) is 14.0. The number of amides is 1. The summed E-state index contributed by atoms with van der Waals surface area (Å²) in [5.74, 6) is 2.02. The average Bonchev–Trinajstić information content (AvgIpc) is 3.33. The Morgan fingerprint density at radius 3 is 2.42 bits per heavy atom. The summed E-state index contributed by atoms with van der Waals surface area (Å²) in [7, 11) is 0. The summed E-state index contributed by atoms with van der Waals surface area (Å²) in [6, 6.07) is 6.87. The van der Waals surface area contributed by atoms with E-state index in [1.807, 2.05) is 13.0 Å². The van der Waals surface area contributed by atoms with Crippen LogP contribution in [0.15, 0.2) is 36.7 Å². The summed E-state index contributed by atoms with van der Waals surface area (Å²) in [5, 5.41) is 2.56. The third-order valence-electron chi connectivity index (χ3n) is 4.92. The van der Waals surface area contributed by atoms with Crippen LogP contribution in [-0.4, -0.2) is 11.4 Å². The smallest absolute Gasteiger partial charge is 0.211 e. The molecule has 0 bridgehead atoms. The summed E-state index contributed by atoms with van der Waals surface area (Å²) in [6.07, 6.45) is 11.1. The van der Waals surface area contributed by atoms with Gasteiger partial charge in [0, 0.05) is 17.4 Å². The molecule has 0 aliphatic heterocycles. The lowest BCUT2D eigenvalue weighted by Gasteiger charge is -2.24. The highest BCUT2D eigenvalue weighted by Gasteiger charge is 2.34. The molecule has 0 unspecified atom stereocenters. The standard InChI is InChI=1S/C13H11FN2O.C7H12/c1-9-2-3-12(16-8-17)5-13(9)10-4-11(14)7-15-6-10;1-2-6(3-1)7-4-5-7/h2-8H,1H3,(H,16,17);6-7H,1-5H2. The van der Waals surface area contributed by atoms with Crippen molar-refractivity contribution < 1.29 is 9.18 Å². The maximum atomic E-state index is 13.1. The van der Waals surface area contributed by atoms with Crippen LogP contribution in [0.3, 0.4) is 0 Å². The molecule has 4 rings (SSSR count). The number of nitrogens with one attached hydrogen (secondary N) is 1. The fourth-order valence-corrected chi connectivity index (χ4v) is 3.13. The van der Waals surface area contributed by atoms with Gasteiger partial charge in [-0.1, -0.05) is 25.3 Å². The number of pyridine rings is 1. The zero-order valence-electron chi connectivity index (χ0n) is 14.0. The van der Waals surface area contributed by atoms with E-state index in [4.69, 9.17) is 0 Å². The van der Waals surface area contributed by atoms with Crippen LogP contribution in [0.5, 0.6) is 0 Å². The summed E-state index contributed by atoms with van der Waals surface area (Å²) in [6.45, 7) is 1.92. The highest BCUT2D eigenvalue weighted by atomic mass is 19.1. The quantitative estimate of drug-likeness (QED) is 0.807. The summed E-state index contributed by atoms with van der Waals surface area (Å²) >= 11 is 0. The first kappa shape index (κ1) is 16.6. The second-order valence-electron chi connectivity index (χ2n) is 6.71. The van der Waals surface area contributed by atoms with Crippen molar-refractivity contribution in [2.24, 2.45) is 11.8 Å². The predicted molar refractivity (Wildman–Crippen MR) is 94.1 cm³/mol. The molecule has 0 atom stereocenters. The van der Waals surface area contributed by atoms with Crippen molar-refractivity contribution in [2.75, 3.05) is 5.32 Å². The number of carbonyl (C=O) groups is 1. The van der Waals surface area contributed by atoms with E-state index in [-0.39, 0.29) is 5.82 Å². The summed E-state index contributed by atoms with van der Waals surface area (Å²) in [5.41, 5.74) is 3.21. The van der Waals surface area contributed by atoms with Crippen LogP contribution in [0.1, 0.15) is 37.7 Å². The molecule has 2 fully saturated rings. The van der Waals surface area contributed by atoms with Crippen molar-refractivity contribution >= 4 is 12.1 Å². The molecular formula is C20H23FN2O. The highest BCUT2D eigenvalue weighted by Crippen LogP contribution is 2.46. The van der Waals surface area contributed by atoms with Crippen molar-refractivity contribution in [2.45, 2.75) is 39.0 Å². The topological polar surface area (TPSA) is 42.0 Å². The van der Waals surface area contributed by atoms with Gasteiger partial charge in [0.15, 0.2) is 0 Å². The Morgan fingerprint density at radius 2 is 1.88 bits per heavy atom. The van der Waals surface area contributed by atoms with Crippen molar-refractivity contribution in [1.82, 2.24) is 4.98 Å². The number of aryl methyl sites for hydroxylation is 1. The highest BCUT2D eigenvalue weighted by molar-refractivity contribution is 5.77. The Balaban J connectivity index is 0.000000198. The van der Waals surface area contributed by atoms with Crippen molar-refractivity contribution in [3.63, 3.8) is 0 Å². The second kappa shape index (κ2) is 7.56.